The van der Waals surface area contributed by atoms with Crippen molar-refractivity contribution in [2.75, 3.05) is 0 Å². The van der Waals surface area contributed by atoms with Gasteiger partial charge in [-0.3, -0.25) is 10.1 Å². The Morgan fingerprint density at radius 3 is 2.95 bits per heavy atom. The predicted molar refractivity (Wildman–Crippen MR) is 73.4 cm³/mol. The first-order valence-electron chi connectivity index (χ1n) is 5.76. The van der Waals surface area contributed by atoms with Gasteiger partial charge in [0.25, 0.3) is 11.5 Å². The number of fused-ring (bicyclic) bond motifs is 1. The van der Waals surface area contributed by atoms with Gasteiger partial charge in [0.1, 0.15) is 0 Å². The summed E-state index contributed by atoms with van der Waals surface area (Å²) >= 11 is 1.34. The van der Waals surface area contributed by atoms with Gasteiger partial charge in [-0.2, -0.15) is 4.98 Å². The minimum absolute atomic E-state index is 0.113. The number of hydrogen-bond acceptors (Lipinski definition) is 6. The first-order valence-corrected chi connectivity index (χ1v) is 6.75. The third-order valence-electron chi connectivity index (χ3n) is 2.64. The van der Waals surface area contributed by atoms with E-state index >= 15 is 0 Å². The first-order chi connectivity index (χ1) is 9.74. The van der Waals surface area contributed by atoms with Crippen molar-refractivity contribution >= 4 is 23.2 Å². The molecule has 0 bridgehead atoms. The van der Waals surface area contributed by atoms with Crippen molar-refractivity contribution in [3.8, 4) is 0 Å². The molecule has 20 heavy (non-hydrogen) atoms. The summed E-state index contributed by atoms with van der Waals surface area (Å²) in [5, 5.41) is 15.7. The summed E-state index contributed by atoms with van der Waals surface area (Å²) in [6.45, 7) is 0. The Bertz CT molecular complexity index is 740. The number of nitrogens with zero attached hydrogens (tertiary/aromatic N) is 5. The molecule has 1 aromatic carbocycles. The number of nitro groups is 1. The van der Waals surface area contributed by atoms with E-state index in [9.17, 15) is 10.1 Å². The lowest BCUT2D eigenvalue weighted by Gasteiger charge is -1.99. The maximum atomic E-state index is 10.9. The molecule has 0 atom stereocenters. The molecule has 0 spiro atoms. The maximum absolute atomic E-state index is 10.9. The Morgan fingerprint density at radius 1 is 1.30 bits per heavy atom. The fourth-order valence-electron chi connectivity index (χ4n) is 1.73. The normalized spacial score (nSPS) is 10.8. The zero-order valence-corrected chi connectivity index (χ0v) is 11.0. The van der Waals surface area contributed by atoms with E-state index in [1.807, 2.05) is 0 Å². The minimum atomic E-state index is -0.380. The molecule has 100 valence electrons. The highest BCUT2D eigenvalue weighted by Crippen LogP contribution is 2.25. The van der Waals surface area contributed by atoms with Crippen molar-refractivity contribution in [1.29, 1.82) is 0 Å². The van der Waals surface area contributed by atoms with Crippen LogP contribution in [0.15, 0.2) is 47.9 Å². The number of rotatable bonds is 4. The highest BCUT2D eigenvalue weighted by molar-refractivity contribution is 7.98. The van der Waals surface area contributed by atoms with E-state index in [0.717, 1.165) is 0 Å². The molecule has 2 aromatic heterocycles. The Balaban J connectivity index is 1.81. The molecule has 7 nitrogen and oxygen atoms in total. The van der Waals surface area contributed by atoms with Crippen LogP contribution in [0.5, 0.6) is 0 Å². The van der Waals surface area contributed by atoms with Crippen molar-refractivity contribution < 1.29 is 4.92 Å². The number of nitro benzene ring substituents is 1. The average Bonchev–Trinajstić information content (AvgIpc) is 2.88. The van der Waals surface area contributed by atoms with Gasteiger partial charge in [0.05, 0.1) is 4.92 Å². The van der Waals surface area contributed by atoms with Gasteiger partial charge in [-0.25, -0.2) is 9.50 Å². The summed E-state index contributed by atoms with van der Waals surface area (Å²) in [6, 6.07) is 8.42. The van der Waals surface area contributed by atoms with Crippen LogP contribution in [-0.2, 0) is 5.75 Å². The van der Waals surface area contributed by atoms with Crippen LogP contribution >= 0.6 is 11.8 Å². The van der Waals surface area contributed by atoms with Crippen LogP contribution in [0.4, 0.5) is 5.69 Å². The standard InChI is InChI=1S/C12H9N5O2S/c18-17(19)10-5-2-1-4-9(10)8-20-12-14-11-13-6-3-7-16(11)15-12/h1-7H,8H2. The van der Waals surface area contributed by atoms with Crippen LogP contribution in [0.3, 0.4) is 0 Å². The van der Waals surface area contributed by atoms with Gasteiger partial charge in [-0.1, -0.05) is 30.0 Å². The van der Waals surface area contributed by atoms with Crippen molar-refractivity contribution in [3.63, 3.8) is 0 Å². The summed E-state index contributed by atoms with van der Waals surface area (Å²) < 4.78 is 1.57. The monoisotopic (exact) mass is 287 g/mol. The molecule has 0 aliphatic carbocycles. The maximum Gasteiger partial charge on any atom is 0.273 e. The molecule has 0 radical (unpaired) electrons. The van der Waals surface area contributed by atoms with Crippen LogP contribution in [0.1, 0.15) is 5.56 Å². The van der Waals surface area contributed by atoms with Crippen molar-refractivity contribution in [2.24, 2.45) is 0 Å². The van der Waals surface area contributed by atoms with E-state index in [4.69, 9.17) is 0 Å². The van der Waals surface area contributed by atoms with Crippen molar-refractivity contribution in [1.82, 2.24) is 19.6 Å². The summed E-state index contributed by atoms with van der Waals surface area (Å²) in [7, 11) is 0. The Morgan fingerprint density at radius 2 is 2.15 bits per heavy atom. The fourth-order valence-corrected chi connectivity index (χ4v) is 2.55. The second kappa shape index (κ2) is 5.25. The van der Waals surface area contributed by atoms with Gasteiger partial charge in [0.2, 0.25) is 5.16 Å². The number of hydrogen-bond donors (Lipinski definition) is 0. The van der Waals surface area contributed by atoms with E-state index < -0.39 is 0 Å². The molecule has 0 amide bonds. The van der Waals surface area contributed by atoms with E-state index in [2.05, 4.69) is 15.1 Å². The molecule has 0 saturated carbocycles. The molecule has 8 heteroatoms. The lowest BCUT2D eigenvalue weighted by molar-refractivity contribution is -0.385. The van der Waals surface area contributed by atoms with Gasteiger partial charge in [0.15, 0.2) is 0 Å². The van der Waals surface area contributed by atoms with Gasteiger partial charge in [-0.15, -0.1) is 5.10 Å². The molecule has 0 saturated heterocycles. The Kier molecular flexibility index (Phi) is 3.30. The topological polar surface area (TPSA) is 86.2 Å². The highest BCUT2D eigenvalue weighted by Gasteiger charge is 2.13. The minimum Gasteiger partial charge on any atom is -0.258 e. The lowest BCUT2D eigenvalue weighted by Crippen LogP contribution is -1.93. The van der Waals surface area contributed by atoms with Gasteiger partial charge in [0, 0.05) is 29.8 Å². The van der Waals surface area contributed by atoms with E-state index in [1.54, 1.807) is 41.2 Å². The summed E-state index contributed by atoms with van der Waals surface area (Å²) in [6.07, 6.45) is 3.39. The molecule has 0 unspecified atom stereocenters. The highest BCUT2D eigenvalue weighted by atomic mass is 32.2. The Hall–Kier alpha value is -2.48. The number of aromatic nitrogens is 4. The quantitative estimate of drug-likeness (QED) is 0.416. The third kappa shape index (κ3) is 2.45. The van der Waals surface area contributed by atoms with Crippen LogP contribution in [0.25, 0.3) is 5.78 Å². The van der Waals surface area contributed by atoms with Crippen LogP contribution in [0.2, 0.25) is 0 Å². The molecule has 3 aromatic rings. The molecule has 0 N–H and O–H groups in total. The van der Waals surface area contributed by atoms with Crippen molar-refractivity contribution in [3.05, 3.63) is 58.4 Å². The van der Waals surface area contributed by atoms with Crippen LogP contribution < -0.4 is 0 Å². The van der Waals surface area contributed by atoms with E-state index in [-0.39, 0.29) is 10.6 Å². The fraction of sp³-hybridized carbons (Fsp3) is 0.0833. The van der Waals surface area contributed by atoms with Crippen LogP contribution in [-0.4, -0.2) is 24.5 Å². The lowest BCUT2D eigenvalue weighted by atomic mass is 10.2. The molecule has 2 heterocycles. The zero-order chi connectivity index (χ0) is 13.9. The van der Waals surface area contributed by atoms with E-state index in [1.165, 1.54) is 17.8 Å². The van der Waals surface area contributed by atoms with Gasteiger partial charge >= 0.3 is 0 Å². The zero-order valence-electron chi connectivity index (χ0n) is 10.2. The van der Waals surface area contributed by atoms with Crippen LogP contribution in [0, 0.1) is 10.1 Å². The average molecular weight is 287 g/mol. The molecule has 0 aliphatic heterocycles. The second-order valence-electron chi connectivity index (χ2n) is 3.93. The largest absolute Gasteiger partial charge is 0.273 e. The van der Waals surface area contributed by atoms with E-state index in [0.29, 0.717) is 22.3 Å². The third-order valence-corrected chi connectivity index (χ3v) is 3.53. The number of benzene rings is 1. The molecule has 3 rings (SSSR count). The SMILES string of the molecule is O=[N+]([O-])c1ccccc1CSc1nc2ncccn2n1. The molecular weight excluding hydrogens is 278 g/mol. The summed E-state index contributed by atoms with van der Waals surface area (Å²) in [4.78, 5) is 18.9. The summed E-state index contributed by atoms with van der Waals surface area (Å²) in [5.41, 5.74) is 0.760. The molecule has 0 aliphatic rings. The molecule has 0 fully saturated rings. The van der Waals surface area contributed by atoms with Gasteiger partial charge in [-0.05, 0) is 6.07 Å². The molecular formula is C12H9N5O2S. The first kappa shape index (κ1) is 12.5. The predicted octanol–water partition coefficient (Wildman–Crippen LogP) is 2.32. The van der Waals surface area contributed by atoms with Gasteiger partial charge < -0.3 is 0 Å². The summed E-state index contributed by atoms with van der Waals surface area (Å²) in [5.74, 6) is 0.950. The Labute approximate surface area is 117 Å². The number of thioether (sulfide) groups is 1. The smallest absolute Gasteiger partial charge is 0.258 e. The van der Waals surface area contributed by atoms with Crippen molar-refractivity contribution in [2.45, 2.75) is 10.9 Å². The number of para-hydroxylation sites is 1. The second-order valence-corrected chi connectivity index (χ2v) is 4.88.